The molecule has 0 unspecified atom stereocenters. The first-order valence-corrected chi connectivity index (χ1v) is 29.6. The summed E-state index contributed by atoms with van der Waals surface area (Å²) in [4.78, 5) is 10.9. The van der Waals surface area contributed by atoms with Gasteiger partial charge in [0.05, 0.1) is 29.8 Å². The highest BCUT2D eigenvalue weighted by Gasteiger charge is 2.45. The first-order valence-electron chi connectivity index (χ1n) is 29.2. The van der Waals surface area contributed by atoms with Gasteiger partial charge in [-0.1, -0.05) is 251 Å². The summed E-state index contributed by atoms with van der Waals surface area (Å²) in [5, 5.41) is 72.2. The van der Waals surface area contributed by atoms with Crippen molar-refractivity contribution in [1.82, 2.24) is 5.32 Å². The molecule has 7 N–H and O–H groups in total. The van der Waals surface area contributed by atoms with E-state index in [1.165, 1.54) is 211 Å². The number of nitro groups is 1. The molecular weight excluding hydrogens is 919 g/mol. The van der Waals surface area contributed by atoms with Gasteiger partial charge in [0.2, 0.25) is 0 Å². The van der Waals surface area contributed by atoms with E-state index < -0.39 is 53.9 Å². The molecule has 414 valence electrons. The maximum atomic E-state index is 11.4. The molecule has 2 rings (SSSR count). The normalized spacial score (nSPS) is 19.4. The monoisotopic (exact) mass is 1020 g/mol. The van der Waals surface area contributed by atoms with Gasteiger partial charge < -0.3 is 50.4 Å². The Morgan fingerprint density at radius 2 is 1.03 bits per heavy atom. The fraction of sp³-hybridized carbons (Fsp3) is 0.877. The van der Waals surface area contributed by atoms with Gasteiger partial charge in [-0.15, -0.1) is 0 Å². The topological polar surface area (TPSA) is 196 Å². The van der Waals surface area contributed by atoms with Crippen LogP contribution in [-0.4, -0.2) is 104 Å². The summed E-state index contributed by atoms with van der Waals surface area (Å²) in [5.74, 6) is 0. The summed E-state index contributed by atoms with van der Waals surface area (Å²) in [7, 11) is 0. The standard InChI is InChI=1S/C57H105N3O10S/c1-3-5-7-9-11-13-15-17-18-19-20-21-22-23-24-25-26-27-28-30-32-34-36-40-44-58-48(52(62)50(61)43-37-35-33-31-29-16-14-12-10-8-6-4-2)45-68-56-55(65)54(64)53(63)51(70-56)46-69-57(71)59-47-41-38-39-42-49(47)60(66)67/h38-39,41-42,48,50-56,58,61-65H,3-37,40,43-46H2,1-2H3,(H,59,71)/t48-,50+,51+,52-,53-,54-,55+,56-/m0/s1. The summed E-state index contributed by atoms with van der Waals surface area (Å²) in [6.07, 6.45) is 37.3. The van der Waals surface area contributed by atoms with Gasteiger partial charge >= 0.3 is 0 Å². The molecule has 1 fully saturated rings. The van der Waals surface area contributed by atoms with Gasteiger partial charge in [0, 0.05) is 6.07 Å². The number of anilines is 1. The van der Waals surface area contributed by atoms with Crippen LogP contribution in [0, 0.1) is 10.1 Å². The van der Waals surface area contributed by atoms with Crippen molar-refractivity contribution in [3.8, 4) is 0 Å². The lowest BCUT2D eigenvalue weighted by atomic mass is 9.98. The number of aliphatic hydroxyl groups is 5. The first kappa shape index (κ1) is 65.1. The molecule has 0 aliphatic carbocycles. The summed E-state index contributed by atoms with van der Waals surface area (Å²) in [6.45, 7) is 4.62. The van der Waals surface area contributed by atoms with E-state index in [1.54, 1.807) is 6.07 Å². The molecule has 1 heterocycles. The third-order valence-electron chi connectivity index (χ3n) is 14.4. The zero-order chi connectivity index (χ0) is 51.6. The second-order valence-electron chi connectivity index (χ2n) is 20.8. The molecule has 1 aliphatic rings. The van der Waals surface area contributed by atoms with Crippen LogP contribution in [0.4, 0.5) is 11.4 Å². The number of benzene rings is 1. The number of hydrogen-bond donors (Lipinski definition) is 7. The van der Waals surface area contributed by atoms with Gasteiger partial charge in [0.1, 0.15) is 36.7 Å². The van der Waals surface area contributed by atoms with Gasteiger partial charge in [-0.3, -0.25) is 10.1 Å². The number of nitrogens with zero attached hydrogens (tertiary/aromatic N) is 1. The van der Waals surface area contributed by atoms with Crippen molar-refractivity contribution in [2.45, 2.75) is 300 Å². The minimum Gasteiger partial charge on any atom is -0.468 e. The van der Waals surface area contributed by atoms with Crippen molar-refractivity contribution in [2.75, 3.05) is 25.1 Å². The second kappa shape index (κ2) is 44.3. The first-order chi connectivity index (χ1) is 34.6. The lowest BCUT2D eigenvalue weighted by Crippen LogP contribution is -2.60. The SMILES string of the molecule is CCCCCCCCCCCCCCCCCCCCCCCCCCN[C@@H](CO[C@H]1O[C@H](COC(=S)Nc2ccccc2[N+](=O)[O-])[C@H](O)[C@H](O)[C@H]1O)[C@H](O)[C@H](O)CCCCCCCCCCCCCC. The van der Waals surface area contributed by atoms with Gasteiger partial charge in [0.15, 0.2) is 6.29 Å². The molecule has 14 heteroatoms. The lowest BCUT2D eigenvalue weighted by molar-refractivity contribution is -0.383. The summed E-state index contributed by atoms with van der Waals surface area (Å²) < 4.78 is 17.4. The fourth-order valence-electron chi connectivity index (χ4n) is 9.72. The van der Waals surface area contributed by atoms with E-state index in [0.29, 0.717) is 13.0 Å². The number of thiocarbonyl (C=S) groups is 1. The van der Waals surface area contributed by atoms with E-state index >= 15 is 0 Å². The van der Waals surface area contributed by atoms with Crippen molar-refractivity contribution in [2.24, 2.45) is 0 Å². The van der Waals surface area contributed by atoms with Crippen molar-refractivity contribution >= 4 is 28.8 Å². The van der Waals surface area contributed by atoms with E-state index in [1.807, 2.05) is 0 Å². The highest BCUT2D eigenvalue weighted by Crippen LogP contribution is 2.26. The molecule has 0 aromatic heterocycles. The smallest absolute Gasteiger partial charge is 0.292 e. The molecule has 1 aliphatic heterocycles. The maximum absolute atomic E-state index is 11.4. The highest BCUT2D eigenvalue weighted by atomic mass is 32.1. The molecule has 1 aromatic carbocycles. The Balaban J connectivity index is 1.72. The Kier molecular flexibility index (Phi) is 40.6. The second-order valence-corrected chi connectivity index (χ2v) is 21.1. The van der Waals surface area contributed by atoms with Crippen molar-refractivity contribution < 1.29 is 44.7 Å². The van der Waals surface area contributed by atoms with Crippen LogP contribution in [0.3, 0.4) is 0 Å². The van der Waals surface area contributed by atoms with Crippen LogP contribution in [0.5, 0.6) is 0 Å². The molecule has 1 aromatic rings. The summed E-state index contributed by atoms with van der Waals surface area (Å²) in [5.41, 5.74) is -0.0847. The van der Waals surface area contributed by atoms with E-state index in [4.69, 9.17) is 26.4 Å². The minimum absolute atomic E-state index is 0.119. The highest BCUT2D eigenvalue weighted by molar-refractivity contribution is 7.80. The number of ether oxygens (including phenoxy) is 3. The van der Waals surface area contributed by atoms with Crippen LogP contribution >= 0.6 is 12.2 Å². The lowest BCUT2D eigenvalue weighted by Gasteiger charge is -2.40. The average molecular weight is 1020 g/mol. The Bertz CT molecular complexity index is 1420. The Hall–Kier alpha value is -2.01. The molecular formula is C57H105N3O10S. The quantitative estimate of drug-likeness (QED) is 0.0141. The molecule has 8 atom stereocenters. The molecule has 0 spiro atoms. The number of aliphatic hydroxyl groups excluding tert-OH is 5. The molecule has 13 nitrogen and oxygen atoms in total. The summed E-state index contributed by atoms with van der Waals surface area (Å²) >= 11 is 5.23. The van der Waals surface area contributed by atoms with Crippen LogP contribution in [0.1, 0.15) is 251 Å². The van der Waals surface area contributed by atoms with E-state index in [9.17, 15) is 35.6 Å². The van der Waals surface area contributed by atoms with Crippen LogP contribution in [0.15, 0.2) is 24.3 Å². The van der Waals surface area contributed by atoms with Crippen LogP contribution in [0.2, 0.25) is 0 Å². The van der Waals surface area contributed by atoms with Gasteiger partial charge in [-0.25, -0.2) is 0 Å². The molecule has 0 amide bonds. The third kappa shape index (κ3) is 32.1. The molecule has 0 bridgehead atoms. The van der Waals surface area contributed by atoms with Crippen LogP contribution in [-0.2, 0) is 14.2 Å². The molecule has 0 radical (unpaired) electrons. The van der Waals surface area contributed by atoms with Crippen molar-refractivity contribution in [1.29, 1.82) is 0 Å². The number of hydrogen-bond acceptors (Lipinski definition) is 12. The Labute approximate surface area is 436 Å². The third-order valence-corrected chi connectivity index (χ3v) is 14.6. The number of nitrogens with one attached hydrogen (secondary N) is 2. The predicted molar refractivity (Wildman–Crippen MR) is 294 cm³/mol. The van der Waals surface area contributed by atoms with E-state index in [-0.39, 0.29) is 29.8 Å². The number of rotatable bonds is 48. The zero-order valence-electron chi connectivity index (χ0n) is 44.8. The van der Waals surface area contributed by atoms with Gasteiger partial charge in [0.25, 0.3) is 10.9 Å². The van der Waals surface area contributed by atoms with E-state index in [2.05, 4.69) is 24.5 Å². The Morgan fingerprint density at radius 3 is 1.46 bits per heavy atom. The number of para-hydroxylation sites is 2. The predicted octanol–water partition coefficient (Wildman–Crippen LogP) is 13.3. The number of unbranched alkanes of at least 4 members (excludes halogenated alkanes) is 34. The fourth-order valence-corrected chi connectivity index (χ4v) is 9.90. The zero-order valence-corrected chi connectivity index (χ0v) is 45.7. The Morgan fingerprint density at radius 1 is 0.620 bits per heavy atom. The van der Waals surface area contributed by atoms with Gasteiger partial charge in [-0.2, -0.15) is 0 Å². The van der Waals surface area contributed by atoms with Crippen LogP contribution < -0.4 is 10.6 Å². The van der Waals surface area contributed by atoms with Crippen molar-refractivity contribution in [3.05, 3.63) is 34.4 Å². The van der Waals surface area contributed by atoms with Crippen LogP contribution in [0.25, 0.3) is 0 Å². The maximum Gasteiger partial charge on any atom is 0.292 e. The molecule has 1 saturated heterocycles. The summed E-state index contributed by atoms with van der Waals surface area (Å²) in [6, 6.07) is 5.23. The van der Waals surface area contributed by atoms with Crippen molar-refractivity contribution in [3.63, 3.8) is 0 Å². The van der Waals surface area contributed by atoms with E-state index in [0.717, 1.165) is 38.5 Å². The molecule has 71 heavy (non-hydrogen) atoms. The van der Waals surface area contributed by atoms with Gasteiger partial charge in [-0.05, 0) is 37.7 Å². The molecule has 0 saturated carbocycles. The average Bonchev–Trinajstić information content (AvgIpc) is 3.36. The largest absolute Gasteiger partial charge is 0.468 e. The minimum atomic E-state index is -1.65. The number of nitro benzene ring substituents is 1.